The van der Waals surface area contributed by atoms with Gasteiger partial charge in [-0.3, -0.25) is 0 Å². The number of fused-ring (bicyclic) bond motifs is 18. The molecule has 0 amide bonds. The molecule has 204 valence electrons. The zero-order chi connectivity index (χ0) is 26.1. The predicted octanol–water partition coefficient (Wildman–Crippen LogP) is 9.69. The van der Waals surface area contributed by atoms with E-state index in [4.69, 9.17) is 0 Å². The van der Waals surface area contributed by atoms with Crippen molar-refractivity contribution in [3.8, 4) is 0 Å². The van der Waals surface area contributed by atoms with E-state index in [9.17, 15) is 0 Å². The minimum atomic E-state index is 0.576. The summed E-state index contributed by atoms with van der Waals surface area (Å²) in [4.78, 5) is 0. The summed E-state index contributed by atoms with van der Waals surface area (Å²) >= 11 is 0. The average Bonchev–Trinajstić information content (AvgIpc) is 3.60. The van der Waals surface area contributed by atoms with E-state index in [1.54, 1.807) is 25.7 Å². The third kappa shape index (κ3) is 2.49. The van der Waals surface area contributed by atoms with Crippen LogP contribution in [0.25, 0.3) is 0 Å². The molecule has 0 saturated heterocycles. The topological polar surface area (TPSA) is 0 Å². The zero-order valence-electron chi connectivity index (χ0n) is 26.1. The second-order valence-corrected chi connectivity index (χ2v) is 18.7. The van der Waals surface area contributed by atoms with E-state index in [0.717, 1.165) is 94.7 Å². The van der Waals surface area contributed by atoms with Gasteiger partial charge in [-0.2, -0.15) is 0 Å². The summed E-state index contributed by atoms with van der Waals surface area (Å²) in [5.41, 5.74) is 2.30. The lowest BCUT2D eigenvalue weighted by Gasteiger charge is -2.55. The number of rotatable bonds is 0. The monoisotopic (exact) mass is 492 g/mol. The summed E-state index contributed by atoms with van der Waals surface area (Å²) in [6, 6.07) is 0. The average molecular weight is 493 g/mol. The van der Waals surface area contributed by atoms with E-state index >= 15 is 0 Å². The van der Waals surface area contributed by atoms with Gasteiger partial charge in [-0.05, 0) is 142 Å². The maximum absolute atomic E-state index is 2.58. The lowest BCUT2D eigenvalue weighted by molar-refractivity contribution is -0.0704. The van der Waals surface area contributed by atoms with Crippen molar-refractivity contribution in [2.24, 2.45) is 116 Å². The minimum absolute atomic E-state index is 0.576. The Morgan fingerprint density at radius 2 is 0.528 bits per heavy atom. The summed E-state index contributed by atoms with van der Waals surface area (Å²) in [7, 11) is 0. The highest BCUT2D eigenvalue weighted by atomic mass is 14.8. The lowest BCUT2D eigenvalue weighted by atomic mass is 9.50. The van der Waals surface area contributed by atoms with Gasteiger partial charge in [-0.15, -0.1) is 0 Å². The molecule has 16 unspecified atom stereocenters. The van der Waals surface area contributed by atoms with Gasteiger partial charge in [0.2, 0.25) is 0 Å². The summed E-state index contributed by atoms with van der Waals surface area (Å²) < 4.78 is 0. The van der Waals surface area contributed by atoms with E-state index < -0.39 is 0 Å². The van der Waals surface area contributed by atoms with Crippen LogP contribution in [0.2, 0.25) is 0 Å². The standard InChI is InChI=1S/2C18H30/c2*1-9-10(2)12-7-11(9)15-13-8-14(16(12)15)18(5,6)17(13,3)4/h2*9-16H,7-8H2,1-6H3. The van der Waals surface area contributed by atoms with Crippen LogP contribution >= 0.6 is 0 Å². The Hall–Kier alpha value is 0. The van der Waals surface area contributed by atoms with Crippen molar-refractivity contribution in [1.82, 2.24) is 0 Å². The Kier molecular flexibility index (Phi) is 4.86. The van der Waals surface area contributed by atoms with Crippen molar-refractivity contribution in [2.75, 3.05) is 0 Å². The van der Waals surface area contributed by atoms with Crippen molar-refractivity contribution in [3.63, 3.8) is 0 Å². The van der Waals surface area contributed by atoms with Gasteiger partial charge in [-0.1, -0.05) is 83.1 Å². The highest BCUT2D eigenvalue weighted by Gasteiger charge is 2.74. The highest BCUT2D eigenvalue weighted by molar-refractivity contribution is 5.22. The molecule has 0 heterocycles. The van der Waals surface area contributed by atoms with Gasteiger partial charge in [0.25, 0.3) is 0 Å². The summed E-state index contributed by atoms with van der Waals surface area (Å²) in [6.07, 6.45) is 6.28. The molecule has 8 aliphatic rings. The van der Waals surface area contributed by atoms with Crippen LogP contribution in [-0.4, -0.2) is 0 Å². The maximum atomic E-state index is 2.58. The van der Waals surface area contributed by atoms with Crippen LogP contribution in [0.3, 0.4) is 0 Å². The molecule has 0 aromatic rings. The molecule has 0 spiro atoms. The zero-order valence-corrected chi connectivity index (χ0v) is 26.1. The van der Waals surface area contributed by atoms with Crippen LogP contribution in [0.5, 0.6) is 0 Å². The SMILES string of the molecule is CC1C(C)C2CC1C1C2C2CC1C(C)(C)C2(C)C.CC1C(C)C2CC1C1C2C2CC1C(C)(C)C2(C)C. The van der Waals surface area contributed by atoms with E-state index in [0.29, 0.717) is 21.7 Å². The predicted molar refractivity (Wildman–Crippen MR) is 152 cm³/mol. The molecule has 0 aromatic carbocycles. The maximum Gasteiger partial charge on any atom is -0.0269 e. The fourth-order valence-corrected chi connectivity index (χ4v) is 14.7. The minimum Gasteiger partial charge on any atom is -0.0620 e. The Labute approximate surface area is 224 Å². The Morgan fingerprint density at radius 3 is 0.722 bits per heavy atom. The summed E-state index contributed by atoms with van der Waals surface area (Å²) in [5, 5.41) is 0. The first kappa shape index (κ1) is 25.0. The van der Waals surface area contributed by atoms with E-state index in [1.165, 1.54) is 0 Å². The van der Waals surface area contributed by atoms with Gasteiger partial charge < -0.3 is 0 Å². The Balaban J connectivity index is 0.000000122. The molecule has 0 heteroatoms. The lowest BCUT2D eigenvalue weighted by Crippen LogP contribution is -2.50. The molecule has 8 fully saturated rings. The first-order valence-electron chi connectivity index (χ1n) is 16.6. The van der Waals surface area contributed by atoms with E-state index in [1.807, 2.05) is 0 Å². The van der Waals surface area contributed by atoms with Gasteiger partial charge in [0.05, 0.1) is 0 Å². The molecule has 8 aliphatic carbocycles. The van der Waals surface area contributed by atoms with Crippen molar-refractivity contribution >= 4 is 0 Å². The Morgan fingerprint density at radius 1 is 0.333 bits per heavy atom. The largest absolute Gasteiger partial charge is 0.0620 e. The molecule has 36 heavy (non-hydrogen) atoms. The fourth-order valence-electron chi connectivity index (χ4n) is 14.7. The van der Waals surface area contributed by atoms with Crippen LogP contribution in [0.4, 0.5) is 0 Å². The van der Waals surface area contributed by atoms with E-state index in [2.05, 4.69) is 83.1 Å². The third-order valence-corrected chi connectivity index (χ3v) is 18.2. The van der Waals surface area contributed by atoms with Gasteiger partial charge in [0.15, 0.2) is 0 Å². The fraction of sp³-hybridized carbons (Fsp3) is 1.00. The Bertz CT molecular complexity index is 786. The second kappa shape index (κ2) is 7.00. The van der Waals surface area contributed by atoms with Gasteiger partial charge in [0, 0.05) is 0 Å². The summed E-state index contributed by atoms with van der Waals surface area (Å²) in [6.45, 7) is 30.8. The number of hydrogen-bond acceptors (Lipinski definition) is 0. The molecule has 0 aliphatic heterocycles. The molecule has 8 rings (SSSR count). The molecule has 0 nitrogen and oxygen atoms in total. The van der Waals surface area contributed by atoms with Gasteiger partial charge >= 0.3 is 0 Å². The van der Waals surface area contributed by atoms with Gasteiger partial charge in [0.1, 0.15) is 0 Å². The van der Waals surface area contributed by atoms with Crippen molar-refractivity contribution in [2.45, 2.75) is 109 Å². The molecular formula is C36H60. The van der Waals surface area contributed by atoms with Crippen LogP contribution in [0.15, 0.2) is 0 Å². The number of hydrogen-bond donors (Lipinski definition) is 0. The van der Waals surface area contributed by atoms with Crippen LogP contribution in [0.1, 0.15) is 109 Å². The summed E-state index contributed by atoms with van der Waals surface area (Å²) in [5.74, 6) is 16.9. The van der Waals surface area contributed by atoms with Crippen molar-refractivity contribution in [3.05, 3.63) is 0 Å². The molecule has 16 atom stereocenters. The van der Waals surface area contributed by atoms with Crippen LogP contribution in [0, 0.1) is 116 Å². The van der Waals surface area contributed by atoms with Crippen molar-refractivity contribution in [1.29, 1.82) is 0 Å². The first-order valence-corrected chi connectivity index (χ1v) is 16.6. The van der Waals surface area contributed by atoms with Crippen LogP contribution in [-0.2, 0) is 0 Å². The van der Waals surface area contributed by atoms with E-state index in [-0.39, 0.29) is 0 Å². The van der Waals surface area contributed by atoms with Crippen LogP contribution < -0.4 is 0 Å². The molecular weight excluding hydrogens is 432 g/mol. The quantitative estimate of drug-likeness (QED) is 0.295. The molecule has 8 saturated carbocycles. The van der Waals surface area contributed by atoms with Crippen molar-refractivity contribution < 1.29 is 0 Å². The first-order chi connectivity index (χ1) is 16.6. The molecule has 0 N–H and O–H groups in total. The molecule has 8 bridgehead atoms. The normalized spacial score (nSPS) is 62.3. The molecule has 0 radical (unpaired) electrons. The highest BCUT2D eigenvalue weighted by Crippen LogP contribution is 2.79. The smallest absolute Gasteiger partial charge is 0.0269 e. The molecule has 0 aromatic heterocycles. The van der Waals surface area contributed by atoms with Gasteiger partial charge in [-0.25, -0.2) is 0 Å². The second-order valence-electron chi connectivity index (χ2n) is 18.7. The third-order valence-electron chi connectivity index (χ3n) is 18.2.